The summed E-state index contributed by atoms with van der Waals surface area (Å²) in [5.74, 6) is 1.77. The van der Waals surface area contributed by atoms with E-state index < -0.39 is 0 Å². The zero-order valence-electron chi connectivity index (χ0n) is 9.99. The van der Waals surface area contributed by atoms with E-state index in [-0.39, 0.29) is 0 Å². The second kappa shape index (κ2) is 5.64. The summed E-state index contributed by atoms with van der Waals surface area (Å²) in [6.07, 6.45) is 1.24. The van der Waals surface area contributed by atoms with Gasteiger partial charge in [-0.25, -0.2) is 4.98 Å². The molecule has 1 atom stereocenters. The molecule has 1 aliphatic rings. The first-order valence-electron chi connectivity index (χ1n) is 5.93. The number of anilines is 2. The van der Waals surface area contributed by atoms with E-state index >= 15 is 0 Å². The quantitative estimate of drug-likeness (QED) is 0.826. The Hall–Kier alpha value is -0.880. The van der Waals surface area contributed by atoms with Gasteiger partial charge in [-0.3, -0.25) is 0 Å². The van der Waals surface area contributed by atoms with Crippen LogP contribution in [-0.2, 0) is 0 Å². The van der Waals surface area contributed by atoms with E-state index in [0.29, 0.717) is 22.3 Å². The number of nitrogens with one attached hydrogen (secondary N) is 1. The highest BCUT2D eigenvalue weighted by Crippen LogP contribution is 2.17. The average molecular weight is 300 g/mol. The zero-order chi connectivity index (χ0) is 12.3. The summed E-state index contributed by atoms with van der Waals surface area (Å²) < 4.78 is 0.717. The molecule has 0 spiro atoms. The molecule has 0 aromatic carbocycles. The molecule has 0 radical (unpaired) electrons. The number of halogens is 1. The first-order chi connectivity index (χ1) is 8.17. The van der Waals surface area contributed by atoms with Crippen LogP contribution in [0.3, 0.4) is 0 Å². The van der Waals surface area contributed by atoms with Gasteiger partial charge in [0.05, 0.1) is 0 Å². The van der Waals surface area contributed by atoms with E-state index in [4.69, 9.17) is 5.73 Å². The monoisotopic (exact) mass is 299 g/mol. The van der Waals surface area contributed by atoms with Crippen molar-refractivity contribution in [1.29, 1.82) is 0 Å². The van der Waals surface area contributed by atoms with E-state index in [9.17, 15) is 0 Å². The van der Waals surface area contributed by atoms with Gasteiger partial charge in [0.25, 0.3) is 0 Å². The van der Waals surface area contributed by atoms with E-state index in [0.717, 1.165) is 19.6 Å². The summed E-state index contributed by atoms with van der Waals surface area (Å²) >= 11 is 3.31. The fraction of sp³-hybridized carbons (Fsp3) is 0.636. The fourth-order valence-electron chi connectivity index (χ4n) is 2.12. The number of nitrogen functional groups attached to an aromatic ring is 1. The molecule has 0 aliphatic carbocycles. The van der Waals surface area contributed by atoms with Crippen molar-refractivity contribution in [3.8, 4) is 0 Å². The minimum atomic E-state index is 0.482. The molecule has 1 saturated heterocycles. The Morgan fingerprint density at radius 2 is 2.41 bits per heavy atom. The lowest BCUT2D eigenvalue weighted by atomic mass is 10.1. The highest BCUT2D eigenvalue weighted by molar-refractivity contribution is 9.10. The maximum absolute atomic E-state index is 5.66. The Balaban J connectivity index is 1.85. The molecule has 3 N–H and O–H groups in total. The van der Waals surface area contributed by atoms with Crippen molar-refractivity contribution in [2.45, 2.75) is 13.3 Å². The average Bonchev–Trinajstić information content (AvgIpc) is 2.73. The van der Waals surface area contributed by atoms with Crippen molar-refractivity contribution >= 4 is 27.7 Å². The third-order valence-corrected chi connectivity index (χ3v) is 3.49. The van der Waals surface area contributed by atoms with Gasteiger partial charge >= 0.3 is 0 Å². The van der Waals surface area contributed by atoms with Crippen molar-refractivity contribution in [3.05, 3.63) is 10.7 Å². The molecule has 1 aromatic heterocycles. The van der Waals surface area contributed by atoms with Gasteiger partial charge in [-0.2, -0.15) is 4.98 Å². The summed E-state index contributed by atoms with van der Waals surface area (Å²) in [4.78, 5) is 10.8. The molecule has 5 nitrogen and oxygen atoms in total. The lowest BCUT2D eigenvalue weighted by molar-refractivity contribution is 0.345. The zero-order valence-corrected chi connectivity index (χ0v) is 11.6. The number of hydrogen-bond donors (Lipinski definition) is 2. The lowest BCUT2D eigenvalue weighted by Crippen LogP contribution is -2.23. The summed E-state index contributed by atoms with van der Waals surface area (Å²) in [6, 6.07) is 1.69. The van der Waals surface area contributed by atoms with E-state index in [2.05, 4.69) is 43.0 Å². The van der Waals surface area contributed by atoms with E-state index in [1.807, 2.05) is 0 Å². The number of aromatic nitrogens is 2. The number of likely N-dealkylation sites (tertiary alicyclic amines) is 1. The molecule has 2 heterocycles. The third kappa shape index (κ3) is 3.54. The predicted octanol–water partition coefficient (Wildman–Crippen LogP) is 1.57. The third-order valence-electron chi connectivity index (χ3n) is 3.08. The van der Waals surface area contributed by atoms with Crippen LogP contribution in [0.4, 0.5) is 11.8 Å². The molecule has 1 aliphatic heterocycles. The van der Waals surface area contributed by atoms with Crippen LogP contribution in [0.25, 0.3) is 0 Å². The molecular weight excluding hydrogens is 282 g/mol. The molecule has 17 heavy (non-hydrogen) atoms. The Morgan fingerprint density at radius 3 is 3.06 bits per heavy atom. The predicted molar refractivity (Wildman–Crippen MR) is 72.9 cm³/mol. The van der Waals surface area contributed by atoms with Gasteiger partial charge in [0.15, 0.2) is 0 Å². The Morgan fingerprint density at radius 1 is 1.59 bits per heavy atom. The molecular formula is C11H18BrN5. The smallest absolute Gasteiger partial charge is 0.225 e. The summed E-state index contributed by atoms with van der Waals surface area (Å²) in [7, 11) is 0. The van der Waals surface area contributed by atoms with Crippen molar-refractivity contribution in [3.63, 3.8) is 0 Å². The Kier molecular flexibility index (Phi) is 4.17. The first kappa shape index (κ1) is 12.6. The number of nitrogens with two attached hydrogens (primary N) is 1. The summed E-state index contributed by atoms with van der Waals surface area (Å²) in [5, 5.41) is 3.25. The maximum Gasteiger partial charge on any atom is 0.225 e. The summed E-state index contributed by atoms with van der Waals surface area (Å²) in [6.45, 7) is 6.61. The molecule has 1 unspecified atom stereocenters. The van der Waals surface area contributed by atoms with Gasteiger partial charge in [0.2, 0.25) is 5.95 Å². The standard InChI is InChI=1S/C11H18BrN5/c1-2-17-4-3-8(7-17)6-14-11-15-9(12)5-10(13)16-11/h5,8H,2-4,6-7H2,1H3,(H3,13,14,15,16). The number of nitrogens with zero attached hydrogens (tertiary/aromatic N) is 3. The molecule has 1 aromatic rings. The van der Waals surface area contributed by atoms with Gasteiger partial charge in [0, 0.05) is 19.2 Å². The minimum Gasteiger partial charge on any atom is -0.383 e. The van der Waals surface area contributed by atoms with Crippen LogP contribution in [0.15, 0.2) is 10.7 Å². The number of rotatable bonds is 4. The highest BCUT2D eigenvalue weighted by Gasteiger charge is 2.20. The van der Waals surface area contributed by atoms with Crippen LogP contribution >= 0.6 is 15.9 Å². The van der Waals surface area contributed by atoms with E-state index in [1.54, 1.807) is 6.07 Å². The van der Waals surface area contributed by atoms with Crippen molar-refractivity contribution in [1.82, 2.24) is 14.9 Å². The Bertz CT molecular complexity index is 364. The van der Waals surface area contributed by atoms with Crippen LogP contribution in [0, 0.1) is 5.92 Å². The Labute approximate surface area is 110 Å². The second-order valence-electron chi connectivity index (χ2n) is 4.37. The molecule has 6 heteroatoms. The minimum absolute atomic E-state index is 0.482. The summed E-state index contributed by atoms with van der Waals surface area (Å²) in [5.41, 5.74) is 5.66. The van der Waals surface area contributed by atoms with Gasteiger partial charge in [-0.1, -0.05) is 6.92 Å². The first-order valence-corrected chi connectivity index (χ1v) is 6.73. The highest BCUT2D eigenvalue weighted by atomic mass is 79.9. The fourth-order valence-corrected chi connectivity index (χ4v) is 2.52. The van der Waals surface area contributed by atoms with Crippen LogP contribution in [0.1, 0.15) is 13.3 Å². The topological polar surface area (TPSA) is 67.1 Å². The maximum atomic E-state index is 5.66. The van der Waals surface area contributed by atoms with Crippen LogP contribution in [0.2, 0.25) is 0 Å². The normalized spacial score (nSPS) is 20.7. The van der Waals surface area contributed by atoms with Crippen molar-refractivity contribution < 1.29 is 0 Å². The van der Waals surface area contributed by atoms with E-state index in [1.165, 1.54) is 13.0 Å². The largest absolute Gasteiger partial charge is 0.383 e. The van der Waals surface area contributed by atoms with Crippen LogP contribution < -0.4 is 11.1 Å². The van der Waals surface area contributed by atoms with Gasteiger partial charge in [-0.15, -0.1) is 0 Å². The van der Waals surface area contributed by atoms with Crippen LogP contribution in [0.5, 0.6) is 0 Å². The molecule has 0 bridgehead atoms. The van der Waals surface area contributed by atoms with Gasteiger partial charge in [0.1, 0.15) is 10.4 Å². The van der Waals surface area contributed by atoms with Crippen molar-refractivity contribution in [2.24, 2.45) is 5.92 Å². The number of hydrogen-bond acceptors (Lipinski definition) is 5. The SMILES string of the molecule is CCN1CCC(CNc2nc(N)cc(Br)n2)C1. The molecule has 0 saturated carbocycles. The van der Waals surface area contributed by atoms with Crippen molar-refractivity contribution in [2.75, 3.05) is 37.2 Å². The van der Waals surface area contributed by atoms with Gasteiger partial charge in [-0.05, 0) is 41.4 Å². The molecule has 94 valence electrons. The van der Waals surface area contributed by atoms with Gasteiger partial charge < -0.3 is 16.0 Å². The lowest BCUT2D eigenvalue weighted by Gasteiger charge is -2.13. The van der Waals surface area contributed by atoms with Crippen LogP contribution in [-0.4, -0.2) is 41.0 Å². The molecule has 2 rings (SSSR count). The molecule has 1 fully saturated rings. The molecule has 0 amide bonds. The second-order valence-corrected chi connectivity index (χ2v) is 5.18.